The molecule has 1 amide bonds. The van der Waals surface area contributed by atoms with Crippen molar-refractivity contribution in [2.24, 2.45) is 0 Å². The number of thiazole rings is 1. The molecule has 0 aliphatic rings. The van der Waals surface area contributed by atoms with Gasteiger partial charge in [-0.2, -0.15) is 4.98 Å². The van der Waals surface area contributed by atoms with Crippen LogP contribution in [0.1, 0.15) is 24.9 Å². The number of methoxy groups -OCH3 is 1. The molecule has 3 rings (SSSR count). The number of nitrogens with one attached hydrogen (secondary N) is 1. The number of hydrogen-bond donors (Lipinski definition) is 1. The lowest BCUT2D eigenvalue weighted by Gasteiger charge is -2.09. The zero-order valence-electron chi connectivity index (χ0n) is 15.3. The summed E-state index contributed by atoms with van der Waals surface area (Å²) in [4.78, 5) is 20.5. The van der Waals surface area contributed by atoms with Crippen molar-refractivity contribution in [3.05, 3.63) is 35.2 Å². The minimum Gasteiger partial charge on any atom is -0.493 e. The molecule has 142 valence electrons. The molecule has 0 fully saturated rings. The van der Waals surface area contributed by atoms with E-state index in [0.29, 0.717) is 41.4 Å². The molecular weight excluding hydrogens is 368 g/mol. The molecular formula is C18H20N4O4S. The summed E-state index contributed by atoms with van der Waals surface area (Å²) in [6.07, 6.45) is 0.574. The highest BCUT2D eigenvalue weighted by molar-refractivity contribution is 7.13. The van der Waals surface area contributed by atoms with Crippen molar-refractivity contribution in [1.82, 2.24) is 15.1 Å². The Morgan fingerprint density at radius 1 is 1.30 bits per heavy atom. The molecule has 0 saturated heterocycles. The van der Waals surface area contributed by atoms with E-state index in [1.165, 1.54) is 11.3 Å². The van der Waals surface area contributed by atoms with Gasteiger partial charge in [0, 0.05) is 23.8 Å². The van der Waals surface area contributed by atoms with Gasteiger partial charge in [-0.3, -0.25) is 4.79 Å². The maximum absolute atomic E-state index is 12.0. The predicted molar refractivity (Wildman–Crippen MR) is 101 cm³/mol. The van der Waals surface area contributed by atoms with Crippen LogP contribution in [-0.2, 0) is 11.2 Å². The van der Waals surface area contributed by atoms with Crippen LogP contribution >= 0.6 is 11.3 Å². The molecule has 27 heavy (non-hydrogen) atoms. The number of aromatic nitrogens is 3. The van der Waals surface area contributed by atoms with E-state index in [-0.39, 0.29) is 12.3 Å². The van der Waals surface area contributed by atoms with E-state index in [4.69, 9.17) is 14.0 Å². The molecule has 0 radical (unpaired) electrons. The van der Waals surface area contributed by atoms with E-state index in [1.54, 1.807) is 19.2 Å². The Bertz CT molecular complexity index is 922. The van der Waals surface area contributed by atoms with Gasteiger partial charge in [0.05, 0.1) is 19.4 Å². The highest BCUT2D eigenvalue weighted by Gasteiger charge is 2.14. The molecule has 3 aromatic rings. The quantitative estimate of drug-likeness (QED) is 0.630. The number of aryl methyl sites for hydroxylation is 2. The average Bonchev–Trinajstić information content (AvgIpc) is 3.29. The summed E-state index contributed by atoms with van der Waals surface area (Å²) in [6, 6.07) is 5.42. The maximum Gasteiger partial charge on any atom is 0.227 e. The Labute approximate surface area is 160 Å². The number of benzene rings is 1. The lowest BCUT2D eigenvalue weighted by molar-refractivity contribution is -0.116. The monoisotopic (exact) mass is 388 g/mol. The van der Waals surface area contributed by atoms with E-state index in [9.17, 15) is 4.79 Å². The third-order valence-electron chi connectivity index (χ3n) is 3.62. The van der Waals surface area contributed by atoms with Crippen LogP contribution < -0.4 is 14.8 Å². The van der Waals surface area contributed by atoms with Gasteiger partial charge in [0.1, 0.15) is 0 Å². The third kappa shape index (κ3) is 4.82. The van der Waals surface area contributed by atoms with Crippen LogP contribution in [0.15, 0.2) is 28.1 Å². The molecule has 1 N–H and O–H groups in total. The van der Waals surface area contributed by atoms with Gasteiger partial charge in [-0.05, 0) is 32.0 Å². The molecule has 0 aliphatic carbocycles. The molecule has 8 nitrogen and oxygen atoms in total. The number of rotatable bonds is 8. The zero-order chi connectivity index (χ0) is 19.2. The first-order chi connectivity index (χ1) is 13.1. The Hall–Kier alpha value is -2.94. The summed E-state index contributed by atoms with van der Waals surface area (Å²) in [7, 11) is 1.59. The molecule has 0 unspecified atom stereocenters. The highest BCUT2D eigenvalue weighted by atomic mass is 32.1. The Morgan fingerprint density at radius 3 is 2.85 bits per heavy atom. The number of carbonyl (C=O) groups is 1. The number of hydrogen-bond acceptors (Lipinski definition) is 8. The van der Waals surface area contributed by atoms with E-state index >= 15 is 0 Å². The van der Waals surface area contributed by atoms with E-state index in [2.05, 4.69) is 20.4 Å². The van der Waals surface area contributed by atoms with Crippen molar-refractivity contribution in [2.75, 3.05) is 19.0 Å². The van der Waals surface area contributed by atoms with Crippen LogP contribution in [0.2, 0.25) is 0 Å². The number of nitrogens with zero attached hydrogens (tertiary/aromatic N) is 3. The second-order valence-corrected chi connectivity index (χ2v) is 6.51. The fourth-order valence-electron chi connectivity index (χ4n) is 2.37. The van der Waals surface area contributed by atoms with Gasteiger partial charge in [0.25, 0.3) is 0 Å². The van der Waals surface area contributed by atoms with Crippen molar-refractivity contribution < 1.29 is 18.8 Å². The summed E-state index contributed by atoms with van der Waals surface area (Å²) in [5, 5.41) is 9.21. The van der Waals surface area contributed by atoms with Crippen LogP contribution in [0.4, 0.5) is 5.13 Å². The van der Waals surface area contributed by atoms with Gasteiger partial charge in [0.2, 0.25) is 17.6 Å². The normalized spacial score (nSPS) is 10.6. The first kappa shape index (κ1) is 18.8. The topological polar surface area (TPSA) is 99.4 Å². The van der Waals surface area contributed by atoms with Crippen molar-refractivity contribution in [3.63, 3.8) is 0 Å². The largest absolute Gasteiger partial charge is 0.493 e. The minimum atomic E-state index is -0.146. The van der Waals surface area contributed by atoms with Crippen LogP contribution in [0, 0.1) is 6.92 Å². The van der Waals surface area contributed by atoms with Gasteiger partial charge in [-0.1, -0.05) is 5.16 Å². The Kier molecular flexibility index (Phi) is 6.02. The SMILES string of the molecule is CCOc1cc(-c2noc(CCC(=O)Nc3nc(C)cs3)n2)ccc1OC. The molecule has 0 aliphatic heterocycles. The average molecular weight is 388 g/mol. The summed E-state index contributed by atoms with van der Waals surface area (Å²) < 4.78 is 16.1. The fourth-order valence-corrected chi connectivity index (χ4v) is 3.08. The summed E-state index contributed by atoms with van der Waals surface area (Å²) in [6.45, 7) is 4.30. The smallest absolute Gasteiger partial charge is 0.227 e. The number of amides is 1. The molecule has 0 bridgehead atoms. The van der Waals surface area contributed by atoms with E-state index in [1.807, 2.05) is 25.3 Å². The lowest BCUT2D eigenvalue weighted by atomic mass is 10.2. The van der Waals surface area contributed by atoms with Crippen molar-refractivity contribution in [2.45, 2.75) is 26.7 Å². The maximum atomic E-state index is 12.0. The van der Waals surface area contributed by atoms with Gasteiger partial charge < -0.3 is 19.3 Å². The molecule has 2 heterocycles. The van der Waals surface area contributed by atoms with Crippen molar-refractivity contribution in [3.8, 4) is 22.9 Å². The highest BCUT2D eigenvalue weighted by Crippen LogP contribution is 2.31. The van der Waals surface area contributed by atoms with Crippen LogP contribution in [0.3, 0.4) is 0 Å². The minimum absolute atomic E-state index is 0.146. The Balaban J connectivity index is 1.62. The second kappa shape index (κ2) is 8.63. The van der Waals surface area contributed by atoms with Gasteiger partial charge in [0.15, 0.2) is 16.6 Å². The molecule has 1 aromatic carbocycles. The van der Waals surface area contributed by atoms with E-state index in [0.717, 1.165) is 11.3 Å². The molecule has 0 saturated carbocycles. The van der Waals surface area contributed by atoms with Gasteiger partial charge >= 0.3 is 0 Å². The van der Waals surface area contributed by atoms with Crippen LogP contribution in [0.25, 0.3) is 11.4 Å². The summed E-state index contributed by atoms with van der Waals surface area (Å²) >= 11 is 1.39. The van der Waals surface area contributed by atoms with Crippen molar-refractivity contribution in [1.29, 1.82) is 0 Å². The van der Waals surface area contributed by atoms with Crippen LogP contribution in [0.5, 0.6) is 11.5 Å². The van der Waals surface area contributed by atoms with E-state index < -0.39 is 0 Å². The number of carbonyl (C=O) groups excluding carboxylic acids is 1. The third-order valence-corrected chi connectivity index (χ3v) is 4.50. The predicted octanol–water partition coefficient (Wildman–Crippen LogP) is 3.48. The summed E-state index contributed by atoms with van der Waals surface area (Å²) in [5.41, 5.74) is 1.62. The zero-order valence-corrected chi connectivity index (χ0v) is 16.1. The summed E-state index contributed by atoms with van der Waals surface area (Å²) in [5.74, 6) is 1.93. The lowest BCUT2D eigenvalue weighted by Crippen LogP contribution is -2.12. The first-order valence-electron chi connectivity index (χ1n) is 8.44. The van der Waals surface area contributed by atoms with Crippen molar-refractivity contribution >= 4 is 22.4 Å². The van der Waals surface area contributed by atoms with Gasteiger partial charge in [-0.15, -0.1) is 11.3 Å². The standard InChI is InChI=1S/C18H20N4O4S/c1-4-25-14-9-12(5-6-13(14)24-3)17-21-16(26-22-17)8-7-15(23)20-18-19-11(2)10-27-18/h5-6,9-10H,4,7-8H2,1-3H3,(H,19,20,23). The number of ether oxygens (including phenoxy) is 2. The second-order valence-electron chi connectivity index (χ2n) is 5.65. The fraction of sp³-hybridized carbons (Fsp3) is 0.333. The van der Waals surface area contributed by atoms with Crippen LogP contribution in [-0.4, -0.2) is 34.7 Å². The molecule has 9 heteroatoms. The first-order valence-corrected chi connectivity index (χ1v) is 9.32. The van der Waals surface area contributed by atoms with Gasteiger partial charge in [-0.25, -0.2) is 4.98 Å². The molecule has 0 spiro atoms. The molecule has 0 atom stereocenters. The number of anilines is 1. The Morgan fingerprint density at radius 2 is 2.15 bits per heavy atom. The molecule has 2 aromatic heterocycles.